The minimum atomic E-state index is -4.23. The number of carbonyl (C=O) groups excluding carboxylic acids is 2. The Morgan fingerprint density at radius 2 is 1.60 bits per heavy atom. The first kappa shape index (κ1) is 29.9. The number of nitrogens with zero attached hydrogens (tertiary/aromatic N) is 2. The van der Waals surface area contributed by atoms with Crippen LogP contribution in [0.3, 0.4) is 0 Å². The summed E-state index contributed by atoms with van der Waals surface area (Å²) in [4.78, 5) is 28.7. The van der Waals surface area contributed by atoms with Gasteiger partial charge in [-0.2, -0.15) is 0 Å². The number of nitrogens with one attached hydrogen (secondary N) is 1. The molecule has 0 aliphatic heterocycles. The normalized spacial score (nSPS) is 14.5. The van der Waals surface area contributed by atoms with Crippen molar-refractivity contribution in [3.8, 4) is 0 Å². The first-order valence-electron chi connectivity index (χ1n) is 13.2. The maximum atomic E-state index is 14.0. The fourth-order valence-corrected chi connectivity index (χ4v) is 6.66. The molecule has 2 amide bonds. The smallest absolute Gasteiger partial charge is 0.264 e. The molecule has 1 saturated carbocycles. The Hall–Kier alpha value is -3.07. The van der Waals surface area contributed by atoms with E-state index < -0.39 is 28.5 Å². The molecule has 10 heteroatoms. The van der Waals surface area contributed by atoms with Gasteiger partial charge in [-0.15, -0.1) is 0 Å². The van der Waals surface area contributed by atoms with E-state index in [1.165, 1.54) is 23.1 Å². The van der Waals surface area contributed by atoms with Crippen molar-refractivity contribution in [2.24, 2.45) is 0 Å². The topological polar surface area (TPSA) is 86.8 Å². The van der Waals surface area contributed by atoms with Crippen LogP contribution in [-0.2, 0) is 26.2 Å². The van der Waals surface area contributed by atoms with Crippen LogP contribution < -0.4 is 9.62 Å². The van der Waals surface area contributed by atoms with E-state index in [-0.39, 0.29) is 39.1 Å². The third-order valence-corrected chi connectivity index (χ3v) is 9.74. The average Bonchev–Trinajstić information content (AvgIpc) is 3.45. The fraction of sp³-hybridized carbons (Fsp3) is 0.333. The van der Waals surface area contributed by atoms with Gasteiger partial charge >= 0.3 is 0 Å². The predicted octanol–water partition coefficient (Wildman–Crippen LogP) is 5.97. The van der Waals surface area contributed by atoms with Crippen molar-refractivity contribution in [3.63, 3.8) is 0 Å². The molecule has 3 aromatic carbocycles. The Labute approximate surface area is 246 Å². The number of aryl methyl sites for hydroxylation is 1. The van der Waals surface area contributed by atoms with Gasteiger partial charge in [0.25, 0.3) is 10.0 Å². The molecule has 0 unspecified atom stereocenters. The summed E-state index contributed by atoms with van der Waals surface area (Å²) in [5.41, 5.74) is 1.77. The Morgan fingerprint density at radius 1 is 0.950 bits per heavy atom. The van der Waals surface area contributed by atoms with Crippen molar-refractivity contribution in [1.29, 1.82) is 0 Å². The van der Waals surface area contributed by atoms with E-state index in [9.17, 15) is 18.0 Å². The zero-order valence-electron chi connectivity index (χ0n) is 22.5. The number of amides is 2. The van der Waals surface area contributed by atoms with Gasteiger partial charge in [-0.25, -0.2) is 8.42 Å². The van der Waals surface area contributed by atoms with Crippen molar-refractivity contribution in [2.45, 2.75) is 63.1 Å². The highest BCUT2D eigenvalue weighted by Gasteiger charge is 2.34. The average molecular weight is 603 g/mol. The SMILES string of the molecule is Cc1ccc(S(=O)(=O)N(CC(=O)N(Cc2ccccc2)[C@@H](C)C(=O)NC2CCCC2)c2cccc(Cl)c2Cl)cc1. The molecule has 0 radical (unpaired) electrons. The van der Waals surface area contributed by atoms with Crippen molar-refractivity contribution in [1.82, 2.24) is 10.2 Å². The van der Waals surface area contributed by atoms with E-state index in [0.717, 1.165) is 41.1 Å². The summed E-state index contributed by atoms with van der Waals surface area (Å²) >= 11 is 12.7. The fourth-order valence-electron chi connectivity index (χ4n) is 4.79. The number of benzene rings is 3. The summed E-state index contributed by atoms with van der Waals surface area (Å²) in [6, 6.07) is 19.5. The Kier molecular flexibility index (Phi) is 9.77. The quantitative estimate of drug-likeness (QED) is 0.310. The molecule has 0 spiro atoms. The molecule has 4 rings (SSSR count). The summed E-state index contributed by atoms with van der Waals surface area (Å²) in [5.74, 6) is -0.824. The maximum absolute atomic E-state index is 14.0. The van der Waals surface area contributed by atoms with E-state index in [1.54, 1.807) is 31.2 Å². The largest absolute Gasteiger partial charge is 0.352 e. The lowest BCUT2D eigenvalue weighted by atomic mass is 10.1. The van der Waals surface area contributed by atoms with Crippen LogP contribution in [0.1, 0.15) is 43.7 Å². The molecule has 40 heavy (non-hydrogen) atoms. The van der Waals surface area contributed by atoms with E-state index >= 15 is 0 Å². The van der Waals surface area contributed by atoms with Gasteiger partial charge in [-0.05, 0) is 56.5 Å². The lowest BCUT2D eigenvalue weighted by molar-refractivity contribution is -0.139. The number of hydrogen-bond acceptors (Lipinski definition) is 4. The van der Waals surface area contributed by atoms with Crippen LogP contribution in [0.5, 0.6) is 0 Å². The molecule has 1 aliphatic carbocycles. The van der Waals surface area contributed by atoms with Crippen LogP contribution in [0.15, 0.2) is 77.7 Å². The molecule has 7 nitrogen and oxygen atoms in total. The molecule has 3 aromatic rings. The molecule has 1 atom stereocenters. The number of anilines is 1. The lowest BCUT2D eigenvalue weighted by Crippen LogP contribution is -2.52. The Balaban J connectivity index is 1.71. The zero-order chi connectivity index (χ0) is 28.9. The van der Waals surface area contributed by atoms with Crippen LogP contribution in [0.25, 0.3) is 0 Å². The molecule has 0 heterocycles. The van der Waals surface area contributed by atoms with Gasteiger partial charge in [-0.3, -0.25) is 13.9 Å². The minimum Gasteiger partial charge on any atom is -0.352 e. The number of hydrogen-bond donors (Lipinski definition) is 1. The van der Waals surface area contributed by atoms with Crippen molar-refractivity contribution in [2.75, 3.05) is 10.8 Å². The second-order valence-corrected chi connectivity index (χ2v) is 12.7. The van der Waals surface area contributed by atoms with E-state index in [1.807, 2.05) is 37.3 Å². The minimum absolute atomic E-state index is 0.00331. The first-order valence-corrected chi connectivity index (χ1v) is 15.4. The molecule has 0 aromatic heterocycles. The van der Waals surface area contributed by atoms with Gasteiger partial charge in [0.2, 0.25) is 11.8 Å². The van der Waals surface area contributed by atoms with Crippen molar-refractivity contribution in [3.05, 3.63) is 94.0 Å². The van der Waals surface area contributed by atoms with Gasteiger partial charge in [-0.1, -0.05) is 90.1 Å². The molecule has 1 N–H and O–H groups in total. The van der Waals surface area contributed by atoms with Gasteiger partial charge in [0.15, 0.2) is 0 Å². The Morgan fingerprint density at radius 3 is 2.25 bits per heavy atom. The molecular weight excluding hydrogens is 569 g/mol. The monoisotopic (exact) mass is 601 g/mol. The van der Waals surface area contributed by atoms with Gasteiger partial charge in [0, 0.05) is 12.6 Å². The highest BCUT2D eigenvalue weighted by atomic mass is 35.5. The van der Waals surface area contributed by atoms with E-state index in [2.05, 4.69) is 5.32 Å². The number of sulfonamides is 1. The van der Waals surface area contributed by atoms with Crippen LogP contribution in [0.2, 0.25) is 10.0 Å². The molecule has 0 saturated heterocycles. The van der Waals surface area contributed by atoms with Crippen LogP contribution >= 0.6 is 23.2 Å². The van der Waals surface area contributed by atoms with Crippen LogP contribution in [-0.4, -0.2) is 43.8 Å². The zero-order valence-corrected chi connectivity index (χ0v) is 24.8. The molecular formula is C30H33Cl2N3O4S. The lowest BCUT2D eigenvalue weighted by Gasteiger charge is -2.32. The second-order valence-electron chi connectivity index (χ2n) is 10.1. The molecule has 0 bridgehead atoms. The first-order chi connectivity index (χ1) is 19.1. The van der Waals surface area contributed by atoms with Gasteiger partial charge in [0.05, 0.1) is 20.6 Å². The third kappa shape index (κ3) is 6.97. The van der Waals surface area contributed by atoms with Crippen LogP contribution in [0, 0.1) is 6.92 Å². The highest BCUT2D eigenvalue weighted by Crippen LogP contribution is 2.35. The van der Waals surface area contributed by atoms with Crippen LogP contribution in [0.4, 0.5) is 5.69 Å². The molecule has 1 aliphatic rings. The maximum Gasteiger partial charge on any atom is 0.264 e. The van der Waals surface area contributed by atoms with E-state index in [4.69, 9.17) is 23.2 Å². The number of rotatable bonds is 10. The Bertz CT molecular complexity index is 1440. The molecule has 212 valence electrons. The predicted molar refractivity (Wildman–Crippen MR) is 159 cm³/mol. The summed E-state index contributed by atoms with van der Waals surface area (Å²) in [6.07, 6.45) is 3.91. The highest BCUT2D eigenvalue weighted by molar-refractivity contribution is 7.92. The van der Waals surface area contributed by atoms with Gasteiger partial charge in [0.1, 0.15) is 12.6 Å². The second kappa shape index (κ2) is 13.1. The van der Waals surface area contributed by atoms with Crippen molar-refractivity contribution < 1.29 is 18.0 Å². The summed E-state index contributed by atoms with van der Waals surface area (Å²) in [5, 5.41) is 3.22. The van der Waals surface area contributed by atoms with Crippen molar-refractivity contribution >= 4 is 50.7 Å². The standard InChI is InChI=1S/C30H33Cl2N3O4S/c1-21-15-17-25(18-16-21)40(38,39)35(27-14-8-13-26(31)29(27)32)20-28(36)34(19-23-9-4-3-5-10-23)22(2)30(37)33-24-11-6-7-12-24/h3-5,8-10,13-18,22,24H,6-7,11-12,19-20H2,1-2H3,(H,33,37)/t22-/m0/s1. The van der Waals surface area contributed by atoms with Gasteiger partial charge < -0.3 is 10.2 Å². The summed E-state index contributed by atoms with van der Waals surface area (Å²) in [6.45, 7) is 3.06. The van der Waals surface area contributed by atoms with E-state index in [0.29, 0.717) is 0 Å². The number of carbonyl (C=O) groups is 2. The summed E-state index contributed by atoms with van der Waals surface area (Å²) in [7, 11) is -4.23. The molecule has 1 fully saturated rings. The number of halogens is 2. The third-order valence-electron chi connectivity index (χ3n) is 7.15. The summed E-state index contributed by atoms with van der Waals surface area (Å²) < 4.78 is 28.8.